The van der Waals surface area contributed by atoms with E-state index in [1.165, 1.54) is 17.5 Å². The molecule has 0 radical (unpaired) electrons. The van der Waals surface area contributed by atoms with Gasteiger partial charge in [0.2, 0.25) is 5.91 Å². The van der Waals surface area contributed by atoms with Gasteiger partial charge in [-0.1, -0.05) is 24.3 Å². The fourth-order valence-electron chi connectivity index (χ4n) is 6.35. The molecule has 0 aliphatic carbocycles. The van der Waals surface area contributed by atoms with Crippen LogP contribution in [0.15, 0.2) is 42.6 Å². The van der Waals surface area contributed by atoms with Gasteiger partial charge in [-0.2, -0.15) is 0 Å². The van der Waals surface area contributed by atoms with Crippen LogP contribution < -0.4 is 4.90 Å². The zero-order valence-electron chi connectivity index (χ0n) is 18.4. The SMILES string of the molecule is O=C(c1ccc(N2C[C@H]3C[C@H](C2)[C@H]2CCCC(=O)N2C3)nc1)N1CCc2ccccc2C1. The first-order valence-corrected chi connectivity index (χ1v) is 12.0. The van der Waals surface area contributed by atoms with Crippen LogP contribution in [0.1, 0.15) is 47.2 Å². The molecule has 0 spiro atoms. The third-order valence-electron chi connectivity index (χ3n) is 7.92. The van der Waals surface area contributed by atoms with Crippen molar-refractivity contribution in [1.29, 1.82) is 0 Å². The summed E-state index contributed by atoms with van der Waals surface area (Å²) in [6, 6.07) is 12.7. The van der Waals surface area contributed by atoms with Crippen LogP contribution in [-0.2, 0) is 17.8 Å². The van der Waals surface area contributed by atoms with Crippen molar-refractivity contribution < 1.29 is 9.59 Å². The molecule has 6 rings (SSSR count). The molecule has 0 unspecified atom stereocenters. The molecule has 0 saturated carbocycles. The molecule has 3 saturated heterocycles. The quantitative estimate of drug-likeness (QED) is 0.735. The first kappa shape index (κ1) is 19.8. The number of benzene rings is 1. The second kappa shape index (κ2) is 7.91. The fraction of sp³-hybridized carbons (Fsp3) is 0.500. The smallest absolute Gasteiger partial charge is 0.255 e. The Morgan fingerprint density at radius 1 is 1.00 bits per heavy atom. The van der Waals surface area contributed by atoms with E-state index in [2.05, 4.69) is 28.0 Å². The molecule has 3 fully saturated rings. The number of aromatic nitrogens is 1. The molecule has 2 aromatic rings. The molecule has 32 heavy (non-hydrogen) atoms. The summed E-state index contributed by atoms with van der Waals surface area (Å²) in [6.07, 6.45) is 6.76. The highest BCUT2D eigenvalue weighted by Gasteiger charge is 2.44. The third kappa shape index (κ3) is 3.46. The third-order valence-corrected chi connectivity index (χ3v) is 7.92. The maximum absolute atomic E-state index is 13.1. The number of pyridine rings is 1. The Morgan fingerprint density at radius 2 is 1.88 bits per heavy atom. The standard InChI is InChI=1S/C26H30N4O2/c31-25-7-3-6-23-22-12-18(15-30(23)25)14-29(17-22)24-9-8-20(13-27-24)26(32)28-11-10-19-4-1-2-5-21(19)16-28/h1-2,4-5,8-9,13,18,22-23H,3,6-7,10-12,14-17H2/t18-,22-,23-/m1/s1. The Bertz CT molecular complexity index is 1040. The minimum Gasteiger partial charge on any atom is -0.356 e. The van der Waals surface area contributed by atoms with Crippen molar-refractivity contribution in [3.05, 3.63) is 59.3 Å². The van der Waals surface area contributed by atoms with Crippen molar-refractivity contribution >= 4 is 17.6 Å². The second-order valence-electron chi connectivity index (χ2n) is 9.92. The van der Waals surface area contributed by atoms with Crippen LogP contribution in [0, 0.1) is 11.8 Å². The van der Waals surface area contributed by atoms with Gasteiger partial charge in [0.25, 0.3) is 5.91 Å². The summed E-state index contributed by atoms with van der Waals surface area (Å²) in [6.45, 7) is 4.21. The molecular formula is C26H30N4O2. The van der Waals surface area contributed by atoms with Gasteiger partial charge in [0.15, 0.2) is 0 Å². The number of rotatable bonds is 2. The van der Waals surface area contributed by atoms with E-state index >= 15 is 0 Å². The van der Waals surface area contributed by atoms with E-state index in [0.29, 0.717) is 35.9 Å². The Hall–Kier alpha value is -2.89. The molecule has 3 atom stereocenters. The number of anilines is 1. The van der Waals surface area contributed by atoms with E-state index in [0.717, 1.165) is 57.7 Å². The predicted octanol–water partition coefficient (Wildman–Crippen LogP) is 3.12. The molecule has 0 N–H and O–H groups in total. The van der Waals surface area contributed by atoms with E-state index in [1.54, 1.807) is 6.20 Å². The average Bonchev–Trinajstić information content (AvgIpc) is 2.84. The summed E-state index contributed by atoms with van der Waals surface area (Å²) < 4.78 is 0. The normalized spacial score (nSPS) is 27.1. The number of nitrogens with zero attached hydrogens (tertiary/aromatic N) is 4. The first-order chi connectivity index (χ1) is 15.7. The number of piperidine rings is 3. The summed E-state index contributed by atoms with van der Waals surface area (Å²) in [5, 5.41) is 0. The van der Waals surface area contributed by atoms with Crippen molar-refractivity contribution in [3.8, 4) is 0 Å². The van der Waals surface area contributed by atoms with Crippen LogP contribution in [0.5, 0.6) is 0 Å². The van der Waals surface area contributed by atoms with Crippen LogP contribution >= 0.6 is 0 Å². The average molecular weight is 431 g/mol. The van der Waals surface area contributed by atoms with Gasteiger partial charge in [0.05, 0.1) is 5.56 Å². The molecule has 4 aliphatic heterocycles. The summed E-state index contributed by atoms with van der Waals surface area (Å²) in [5.41, 5.74) is 3.25. The Labute approximate surface area is 189 Å². The molecule has 1 aromatic carbocycles. The highest BCUT2D eigenvalue weighted by molar-refractivity contribution is 5.94. The van der Waals surface area contributed by atoms with Crippen LogP contribution in [0.4, 0.5) is 5.82 Å². The number of hydrogen-bond acceptors (Lipinski definition) is 4. The van der Waals surface area contributed by atoms with Gasteiger partial charge < -0.3 is 14.7 Å². The summed E-state index contributed by atoms with van der Waals surface area (Å²) in [4.78, 5) is 36.6. The summed E-state index contributed by atoms with van der Waals surface area (Å²) >= 11 is 0. The first-order valence-electron chi connectivity index (χ1n) is 12.0. The fourth-order valence-corrected chi connectivity index (χ4v) is 6.35. The maximum atomic E-state index is 13.1. The topological polar surface area (TPSA) is 56.8 Å². The molecule has 4 aliphatic rings. The van der Waals surface area contributed by atoms with Gasteiger partial charge in [0, 0.05) is 51.4 Å². The summed E-state index contributed by atoms with van der Waals surface area (Å²) in [7, 11) is 0. The summed E-state index contributed by atoms with van der Waals surface area (Å²) in [5.74, 6) is 2.42. The van der Waals surface area contributed by atoms with E-state index < -0.39 is 0 Å². The minimum absolute atomic E-state index is 0.0606. The lowest BCUT2D eigenvalue weighted by atomic mass is 9.76. The second-order valence-corrected chi connectivity index (χ2v) is 9.92. The zero-order valence-corrected chi connectivity index (χ0v) is 18.4. The molecular weight excluding hydrogens is 400 g/mol. The molecule has 6 heteroatoms. The van der Waals surface area contributed by atoms with Gasteiger partial charge in [-0.25, -0.2) is 4.98 Å². The van der Waals surface area contributed by atoms with Gasteiger partial charge in [-0.3, -0.25) is 9.59 Å². The van der Waals surface area contributed by atoms with E-state index in [1.807, 2.05) is 23.1 Å². The number of hydrogen-bond donors (Lipinski definition) is 0. The van der Waals surface area contributed by atoms with Crippen molar-refractivity contribution in [3.63, 3.8) is 0 Å². The lowest BCUT2D eigenvalue weighted by Gasteiger charge is -2.52. The molecule has 2 amide bonds. The van der Waals surface area contributed by atoms with E-state index in [9.17, 15) is 9.59 Å². The van der Waals surface area contributed by atoms with Gasteiger partial charge in [-0.15, -0.1) is 0 Å². The van der Waals surface area contributed by atoms with Gasteiger partial charge in [0.1, 0.15) is 5.82 Å². The number of fused-ring (bicyclic) bond motifs is 5. The molecule has 2 bridgehead atoms. The molecule has 1 aromatic heterocycles. The molecule has 5 heterocycles. The molecule has 6 nitrogen and oxygen atoms in total. The largest absolute Gasteiger partial charge is 0.356 e. The van der Waals surface area contributed by atoms with Crippen LogP contribution in [0.3, 0.4) is 0 Å². The monoisotopic (exact) mass is 430 g/mol. The highest BCUT2D eigenvalue weighted by Crippen LogP contribution is 2.38. The maximum Gasteiger partial charge on any atom is 0.255 e. The van der Waals surface area contributed by atoms with E-state index in [4.69, 9.17) is 4.98 Å². The van der Waals surface area contributed by atoms with Crippen LogP contribution in [0.2, 0.25) is 0 Å². The van der Waals surface area contributed by atoms with E-state index in [-0.39, 0.29) is 5.91 Å². The Kier molecular flexibility index (Phi) is 4.89. The zero-order chi connectivity index (χ0) is 21.7. The Balaban J connectivity index is 1.15. The highest BCUT2D eigenvalue weighted by atomic mass is 16.2. The van der Waals surface area contributed by atoms with Crippen molar-refractivity contribution in [1.82, 2.24) is 14.8 Å². The van der Waals surface area contributed by atoms with Crippen molar-refractivity contribution in [2.24, 2.45) is 11.8 Å². The number of carbonyl (C=O) groups is 2. The lowest BCUT2D eigenvalue weighted by molar-refractivity contribution is -0.142. The van der Waals surface area contributed by atoms with Gasteiger partial charge in [-0.05, 0) is 60.8 Å². The Morgan fingerprint density at radius 3 is 2.72 bits per heavy atom. The minimum atomic E-state index is 0.0606. The lowest BCUT2D eigenvalue weighted by Crippen LogP contribution is -2.60. The predicted molar refractivity (Wildman–Crippen MR) is 122 cm³/mol. The van der Waals surface area contributed by atoms with Crippen molar-refractivity contribution in [2.75, 3.05) is 31.1 Å². The van der Waals surface area contributed by atoms with Crippen LogP contribution in [-0.4, -0.2) is 58.8 Å². The number of amides is 2. The molecule has 166 valence electrons. The number of carbonyl (C=O) groups excluding carboxylic acids is 2. The van der Waals surface area contributed by atoms with Crippen LogP contribution in [0.25, 0.3) is 0 Å². The van der Waals surface area contributed by atoms with Gasteiger partial charge >= 0.3 is 0 Å². The van der Waals surface area contributed by atoms with Crippen molar-refractivity contribution in [2.45, 2.75) is 44.7 Å².